The molecule has 1 aliphatic rings. The van der Waals surface area contributed by atoms with Crippen LogP contribution in [-0.2, 0) is 6.54 Å². The number of hydrogen-bond donors (Lipinski definition) is 0. The maximum atomic E-state index is 2.62. The Balaban J connectivity index is 1.99. The van der Waals surface area contributed by atoms with Gasteiger partial charge in [0.25, 0.3) is 0 Å². The van der Waals surface area contributed by atoms with Gasteiger partial charge in [-0.05, 0) is 23.6 Å². The van der Waals surface area contributed by atoms with E-state index in [0.29, 0.717) is 12.0 Å². The molecule has 19 heavy (non-hydrogen) atoms. The number of benzene rings is 1. The summed E-state index contributed by atoms with van der Waals surface area (Å²) in [5.74, 6) is 0.702. The monoisotopic (exact) mass is 254 g/mol. The van der Waals surface area contributed by atoms with Crippen molar-refractivity contribution in [3.05, 3.63) is 59.9 Å². The number of nitrogens with zero attached hydrogens (tertiary/aromatic N) is 2. The molecule has 1 aromatic carbocycles. The van der Waals surface area contributed by atoms with E-state index >= 15 is 0 Å². The quantitative estimate of drug-likeness (QED) is 0.813. The number of fused-ring (bicyclic) bond motifs is 1. The van der Waals surface area contributed by atoms with Gasteiger partial charge in [0.05, 0.1) is 6.04 Å². The van der Waals surface area contributed by atoms with Crippen LogP contribution in [0.25, 0.3) is 0 Å². The molecule has 2 nitrogen and oxygen atoms in total. The van der Waals surface area contributed by atoms with Crippen LogP contribution in [0.15, 0.2) is 48.7 Å². The molecule has 0 fully saturated rings. The van der Waals surface area contributed by atoms with Crippen LogP contribution in [0.1, 0.15) is 31.1 Å². The van der Waals surface area contributed by atoms with Gasteiger partial charge in [-0.15, -0.1) is 0 Å². The fourth-order valence-electron chi connectivity index (χ4n) is 3.11. The minimum absolute atomic E-state index is 0.410. The lowest BCUT2D eigenvalue weighted by Crippen LogP contribution is -2.40. The molecule has 1 unspecified atom stereocenters. The highest BCUT2D eigenvalue weighted by atomic mass is 15.2. The molecule has 1 atom stereocenters. The zero-order valence-electron chi connectivity index (χ0n) is 11.8. The molecule has 0 radical (unpaired) electrons. The van der Waals surface area contributed by atoms with Crippen molar-refractivity contribution in [2.75, 3.05) is 13.1 Å². The highest BCUT2D eigenvalue weighted by Crippen LogP contribution is 2.32. The summed E-state index contributed by atoms with van der Waals surface area (Å²) in [6.45, 7) is 8.01. The Labute approximate surface area is 115 Å². The average Bonchev–Trinajstić information content (AvgIpc) is 2.87. The average molecular weight is 254 g/mol. The molecular formula is C17H22N2. The van der Waals surface area contributed by atoms with Crippen molar-refractivity contribution in [1.82, 2.24) is 9.47 Å². The predicted molar refractivity (Wildman–Crippen MR) is 79.1 cm³/mol. The minimum Gasteiger partial charge on any atom is -0.348 e. The zero-order valence-corrected chi connectivity index (χ0v) is 11.8. The van der Waals surface area contributed by atoms with Crippen molar-refractivity contribution < 1.29 is 0 Å². The molecule has 0 saturated heterocycles. The van der Waals surface area contributed by atoms with Gasteiger partial charge in [0, 0.05) is 31.5 Å². The first kappa shape index (κ1) is 12.5. The van der Waals surface area contributed by atoms with E-state index in [9.17, 15) is 0 Å². The summed E-state index contributed by atoms with van der Waals surface area (Å²) in [6.07, 6.45) is 2.21. The minimum atomic E-state index is 0.410. The third-order valence-corrected chi connectivity index (χ3v) is 3.85. The van der Waals surface area contributed by atoms with Crippen molar-refractivity contribution in [1.29, 1.82) is 0 Å². The van der Waals surface area contributed by atoms with Crippen molar-refractivity contribution >= 4 is 0 Å². The zero-order chi connectivity index (χ0) is 13.2. The van der Waals surface area contributed by atoms with E-state index < -0.39 is 0 Å². The van der Waals surface area contributed by atoms with Crippen LogP contribution in [0.2, 0.25) is 0 Å². The van der Waals surface area contributed by atoms with Crippen molar-refractivity contribution in [2.24, 2.45) is 5.92 Å². The maximum Gasteiger partial charge on any atom is 0.0756 e. The van der Waals surface area contributed by atoms with Gasteiger partial charge in [-0.25, -0.2) is 0 Å². The molecule has 2 heteroatoms. The molecule has 0 amide bonds. The molecular weight excluding hydrogens is 232 g/mol. The number of rotatable bonds is 3. The van der Waals surface area contributed by atoms with E-state index in [1.807, 2.05) is 0 Å². The molecule has 2 heterocycles. The summed E-state index contributed by atoms with van der Waals surface area (Å²) >= 11 is 0. The van der Waals surface area contributed by atoms with E-state index in [4.69, 9.17) is 0 Å². The third-order valence-electron chi connectivity index (χ3n) is 3.85. The summed E-state index contributed by atoms with van der Waals surface area (Å²) in [5, 5.41) is 0. The van der Waals surface area contributed by atoms with Gasteiger partial charge in [0.2, 0.25) is 0 Å². The van der Waals surface area contributed by atoms with Crippen molar-refractivity contribution in [3.63, 3.8) is 0 Å². The van der Waals surface area contributed by atoms with Crippen LogP contribution in [0.5, 0.6) is 0 Å². The lowest BCUT2D eigenvalue weighted by atomic mass is 9.99. The lowest BCUT2D eigenvalue weighted by Gasteiger charge is -2.38. The van der Waals surface area contributed by atoms with Gasteiger partial charge in [-0.3, -0.25) is 4.90 Å². The first-order valence-electron chi connectivity index (χ1n) is 7.20. The van der Waals surface area contributed by atoms with E-state index in [2.05, 4.69) is 72.0 Å². The Bertz CT molecular complexity index is 527. The van der Waals surface area contributed by atoms with Crippen LogP contribution in [0, 0.1) is 5.92 Å². The first-order chi connectivity index (χ1) is 9.25. The molecule has 3 rings (SSSR count). The fourth-order valence-corrected chi connectivity index (χ4v) is 3.11. The summed E-state index contributed by atoms with van der Waals surface area (Å²) in [4.78, 5) is 2.62. The Morgan fingerprint density at radius 3 is 2.58 bits per heavy atom. The fraction of sp³-hybridized carbons (Fsp3) is 0.412. The highest BCUT2D eigenvalue weighted by molar-refractivity contribution is 5.30. The normalized spacial score (nSPS) is 19.6. The van der Waals surface area contributed by atoms with Crippen molar-refractivity contribution in [2.45, 2.75) is 26.4 Å². The SMILES string of the molecule is CC(C)CN1CCn2cccc2C1c1ccccc1. The predicted octanol–water partition coefficient (Wildman–Crippen LogP) is 3.55. The van der Waals surface area contributed by atoms with Crippen LogP contribution in [0.4, 0.5) is 0 Å². The lowest BCUT2D eigenvalue weighted by molar-refractivity contribution is 0.164. The van der Waals surface area contributed by atoms with Gasteiger partial charge in [-0.2, -0.15) is 0 Å². The van der Waals surface area contributed by atoms with Crippen LogP contribution < -0.4 is 0 Å². The van der Waals surface area contributed by atoms with Gasteiger partial charge in [0.1, 0.15) is 0 Å². The second-order valence-corrected chi connectivity index (χ2v) is 5.83. The van der Waals surface area contributed by atoms with Crippen LogP contribution in [0.3, 0.4) is 0 Å². The van der Waals surface area contributed by atoms with E-state index in [0.717, 1.165) is 19.6 Å². The third kappa shape index (κ3) is 2.45. The Kier molecular flexibility index (Phi) is 3.43. The highest BCUT2D eigenvalue weighted by Gasteiger charge is 2.28. The Morgan fingerprint density at radius 2 is 1.84 bits per heavy atom. The summed E-state index contributed by atoms with van der Waals surface area (Å²) in [6, 6.07) is 15.7. The molecule has 1 aromatic heterocycles. The molecule has 0 saturated carbocycles. The molecule has 0 bridgehead atoms. The standard InChI is InChI=1S/C17H22N2/c1-14(2)13-19-12-11-18-10-6-9-16(18)17(19)15-7-4-3-5-8-15/h3-10,14,17H,11-13H2,1-2H3. The van der Waals surface area contributed by atoms with Gasteiger partial charge < -0.3 is 4.57 Å². The maximum absolute atomic E-state index is 2.62. The molecule has 0 aliphatic carbocycles. The van der Waals surface area contributed by atoms with Gasteiger partial charge in [0.15, 0.2) is 0 Å². The number of hydrogen-bond acceptors (Lipinski definition) is 1. The summed E-state index contributed by atoms with van der Waals surface area (Å²) in [7, 11) is 0. The van der Waals surface area contributed by atoms with Gasteiger partial charge >= 0.3 is 0 Å². The molecule has 0 N–H and O–H groups in total. The first-order valence-corrected chi connectivity index (χ1v) is 7.20. The summed E-state index contributed by atoms with van der Waals surface area (Å²) < 4.78 is 2.40. The largest absolute Gasteiger partial charge is 0.348 e. The second-order valence-electron chi connectivity index (χ2n) is 5.83. The van der Waals surface area contributed by atoms with E-state index in [1.165, 1.54) is 11.3 Å². The molecule has 100 valence electrons. The smallest absolute Gasteiger partial charge is 0.0756 e. The van der Waals surface area contributed by atoms with Crippen LogP contribution >= 0.6 is 0 Å². The van der Waals surface area contributed by atoms with Gasteiger partial charge in [-0.1, -0.05) is 44.2 Å². The Morgan fingerprint density at radius 1 is 1.05 bits per heavy atom. The molecule has 0 spiro atoms. The van der Waals surface area contributed by atoms with E-state index in [-0.39, 0.29) is 0 Å². The topological polar surface area (TPSA) is 8.17 Å². The second kappa shape index (κ2) is 5.22. The Hall–Kier alpha value is -1.54. The number of aromatic nitrogens is 1. The van der Waals surface area contributed by atoms with E-state index in [1.54, 1.807) is 0 Å². The van der Waals surface area contributed by atoms with Crippen LogP contribution in [-0.4, -0.2) is 22.6 Å². The molecule has 2 aromatic rings. The van der Waals surface area contributed by atoms with Crippen molar-refractivity contribution in [3.8, 4) is 0 Å². The summed E-state index contributed by atoms with van der Waals surface area (Å²) in [5.41, 5.74) is 2.83. The molecule has 1 aliphatic heterocycles.